The van der Waals surface area contributed by atoms with Gasteiger partial charge in [-0.2, -0.15) is 0 Å². The highest BCUT2D eigenvalue weighted by molar-refractivity contribution is 8.13. The maximum atomic E-state index is 12.3. The van der Waals surface area contributed by atoms with Crippen LogP contribution in [-0.2, 0) is 19.1 Å². The fourth-order valence-corrected chi connectivity index (χ4v) is 2.32. The summed E-state index contributed by atoms with van der Waals surface area (Å²) in [7, 11) is 1.31. The monoisotopic (exact) mass is 335 g/mol. The molecule has 0 fully saturated rings. The highest BCUT2D eigenvalue weighted by atomic mass is 32.2. The predicted octanol–water partition coefficient (Wildman–Crippen LogP) is 2.28. The van der Waals surface area contributed by atoms with Gasteiger partial charge in [0.2, 0.25) is 5.91 Å². The minimum Gasteiger partial charge on any atom is -0.469 e. The van der Waals surface area contributed by atoms with Gasteiger partial charge in [0.1, 0.15) is 0 Å². The summed E-state index contributed by atoms with van der Waals surface area (Å²) in [5.41, 5.74) is 1.36. The molecule has 0 aliphatic rings. The Bertz CT molecular complexity index is 584. The van der Waals surface area contributed by atoms with E-state index in [0.717, 1.165) is 17.3 Å². The Balaban J connectivity index is 2.78. The fraction of sp³-hybridized carbons (Fsp3) is 0.353. The van der Waals surface area contributed by atoms with E-state index in [9.17, 15) is 14.4 Å². The van der Waals surface area contributed by atoms with Gasteiger partial charge in [0.05, 0.1) is 13.0 Å². The van der Waals surface area contributed by atoms with Gasteiger partial charge in [-0.1, -0.05) is 49.0 Å². The van der Waals surface area contributed by atoms with E-state index in [1.165, 1.54) is 14.0 Å². The number of hydrogen-bond donors (Lipinski definition) is 1. The standard InChI is InChI=1S/C17H21NO4S/c1-12(17(21)22-3)10-18-16(20)15(11-23-13(2)19)9-14-7-5-4-6-8-14/h4-9,12H,10-11H2,1-3H3,(H,18,20). The normalized spacial score (nSPS) is 12.4. The van der Waals surface area contributed by atoms with Gasteiger partial charge >= 0.3 is 5.97 Å². The van der Waals surface area contributed by atoms with Gasteiger partial charge in [0, 0.05) is 24.8 Å². The average molecular weight is 335 g/mol. The van der Waals surface area contributed by atoms with Crippen molar-refractivity contribution in [1.29, 1.82) is 0 Å². The molecule has 23 heavy (non-hydrogen) atoms. The van der Waals surface area contributed by atoms with E-state index < -0.39 is 5.92 Å². The molecule has 0 saturated carbocycles. The summed E-state index contributed by atoms with van der Waals surface area (Å²) in [6.07, 6.45) is 1.74. The van der Waals surface area contributed by atoms with E-state index in [1.807, 2.05) is 30.3 Å². The molecule has 0 spiro atoms. The Morgan fingerprint density at radius 1 is 1.26 bits per heavy atom. The van der Waals surface area contributed by atoms with Crippen LogP contribution in [0.15, 0.2) is 35.9 Å². The van der Waals surface area contributed by atoms with E-state index in [0.29, 0.717) is 5.57 Å². The molecule has 0 heterocycles. The first-order chi connectivity index (χ1) is 10.9. The number of amides is 1. The third-order valence-electron chi connectivity index (χ3n) is 3.04. The maximum absolute atomic E-state index is 12.3. The van der Waals surface area contributed by atoms with Crippen LogP contribution < -0.4 is 5.32 Å². The zero-order valence-corrected chi connectivity index (χ0v) is 14.3. The molecule has 0 bridgehead atoms. The lowest BCUT2D eigenvalue weighted by Gasteiger charge is -2.12. The van der Waals surface area contributed by atoms with Crippen molar-refractivity contribution in [3.63, 3.8) is 0 Å². The van der Waals surface area contributed by atoms with Crippen LogP contribution in [0.25, 0.3) is 6.08 Å². The number of nitrogens with one attached hydrogen (secondary N) is 1. The second kappa shape index (κ2) is 9.84. The van der Waals surface area contributed by atoms with Crippen LogP contribution in [0, 0.1) is 5.92 Å². The van der Waals surface area contributed by atoms with Gasteiger partial charge in [-0.15, -0.1) is 0 Å². The van der Waals surface area contributed by atoms with Crippen molar-refractivity contribution in [2.45, 2.75) is 13.8 Å². The number of esters is 1. The fourth-order valence-electron chi connectivity index (χ4n) is 1.75. The number of carbonyl (C=O) groups excluding carboxylic acids is 3. The Morgan fingerprint density at radius 3 is 2.48 bits per heavy atom. The van der Waals surface area contributed by atoms with E-state index in [4.69, 9.17) is 0 Å². The molecule has 1 rings (SSSR count). The summed E-state index contributed by atoms with van der Waals surface area (Å²) < 4.78 is 4.63. The predicted molar refractivity (Wildman–Crippen MR) is 91.7 cm³/mol. The molecule has 6 heteroatoms. The molecular formula is C17H21NO4S. The molecule has 5 nitrogen and oxygen atoms in total. The molecule has 1 N–H and O–H groups in total. The Kier molecular flexibility index (Phi) is 8.11. The van der Waals surface area contributed by atoms with Crippen LogP contribution in [-0.4, -0.2) is 36.4 Å². The van der Waals surface area contributed by atoms with Crippen LogP contribution in [0.3, 0.4) is 0 Å². The first-order valence-corrected chi connectivity index (χ1v) is 8.17. The number of hydrogen-bond acceptors (Lipinski definition) is 5. The van der Waals surface area contributed by atoms with Crippen LogP contribution in [0.4, 0.5) is 0 Å². The molecule has 0 saturated heterocycles. The smallest absolute Gasteiger partial charge is 0.310 e. The molecule has 1 atom stereocenters. The average Bonchev–Trinajstić information content (AvgIpc) is 2.56. The van der Waals surface area contributed by atoms with Gasteiger partial charge in [-0.25, -0.2) is 0 Å². The summed E-state index contributed by atoms with van der Waals surface area (Å²) in [5, 5.41) is 2.65. The van der Waals surface area contributed by atoms with Crippen LogP contribution in [0.1, 0.15) is 19.4 Å². The number of methoxy groups -OCH3 is 1. The molecule has 1 amide bonds. The minimum absolute atomic E-state index is 0.0558. The maximum Gasteiger partial charge on any atom is 0.310 e. The quantitative estimate of drug-likeness (QED) is 0.611. The van der Waals surface area contributed by atoms with E-state index in [-0.39, 0.29) is 29.3 Å². The second-order valence-corrected chi connectivity index (χ2v) is 6.15. The zero-order chi connectivity index (χ0) is 17.2. The van der Waals surface area contributed by atoms with Gasteiger partial charge < -0.3 is 10.1 Å². The van der Waals surface area contributed by atoms with Gasteiger partial charge in [0.25, 0.3) is 0 Å². The highest BCUT2D eigenvalue weighted by Gasteiger charge is 2.16. The number of carbonyl (C=O) groups is 3. The Labute approximate surface area is 140 Å². The second-order valence-electron chi connectivity index (χ2n) is 4.99. The molecule has 0 aromatic heterocycles. The lowest BCUT2D eigenvalue weighted by molar-refractivity contribution is -0.144. The van der Waals surface area contributed by atoms with Gasteiger partial charge in [-0.05, 0) is 11.6 Å². The largest absolute Gasteiger partial charge is 0.469 e. The molecule has 0 aliphatic heterocycles. The van der Waals surface area contributed by atoms with E-state index >= 15 is 0 Å². The molecular weight excluding hydrogens is 314 g/mol. The zero-order valence-electron chi connectivity index (χ0n) is 13.5. The van der Waals surface area contributed by atoms with Crippen molar-refractivity contribution in [2.24, 2.45) is 5.92 Å². The van der Waals surface area contributed by atoms with Gasteiger partial charge in [0.15, 0.2) is 5.12 Å². The lowest BCUT2D eigenvalue weighted by atomic mass is 10.1. The topological polar surface area (TPSA) is 72.5 Å². The summed E-state index contributed by atoms with van der Waals surface area (Å²) in [6, 6.07) is 9.39. The summed E-state index contributed by atoms with van der Waals surface area (Å²) in [6.45, 7) is 3.32. The van der Waals surface area contributed by atoms with Gasteiger partial charge in [-0.3, -0.25) is 14.4 Å². The number of thioether (sulfide) groups is 1. The highest BCUT2D eigenvalue weighted by Crippen LogP contribution is 2.14. The first kappa shape index (κ1) is 19.0. The van der Waals surface area contributed by atoms with E-state index in [2.05, 4.69) is 10.1 Å². The number of benzene rings is 1. The lowest BCUT2D eigenvalue weighted by Crippen LogP contribution is -2.33. The summed E-state index contributed by atoms with van der Waals surface area (Å²) >= 11 is 1.07. The molecule has 1 aromatic rings. The molecule has 1 unspecified atom stereocenters. The van der Waals surface area contributed by atoms with Crippen molar-refractivity contribution >= 4 is 34.8 Å². The van der Waals surface area contributed by atoms with E-state index in [1.54, 1.807) is 13.0 Å². The Hall–Kier alpha value is -2.08. The molecule has 0 radical (unpaired) electrons. The van der Waals surface area contributed by atoms with Crippen molar-refractivity contribution in [3.05, 3.63) is 41.5 Å². The van der Waals surface area contributed by atoms with Crippen molar-refractivity contribution < 1.29 is 19.1 Å². The molecule has 0 aliphatic carbocycles. The third kappa shape index (κ3) is 7.15. The van der Waals surface area contributed by atoms with Crippen LogP contribution in [0.2, 0.25) is 0 Å². The van der Waals surface area contributed by atoms with Crippen LogP contribution >= 0.6 is 11.8 Å². The summed E-state index contributed by atoms with van der Waals surface area (Å²) in [5.74, 6) is -0.819. The third-order valence-corrected chi connectivity index (χ3v) is 3.90. The van der Waals surface area contributed by atoms with Crippen molar-refractivity contribution in [3.8, 4) is 0 Å². The van der Waals surface area contributed by atoms with Crippen molar-refractivity contribution in [1.82, 2.24) is 5.32 Å². The van der Waals surface area contributed by atoms with Crippen LogP contribution in [0.5, 0.6) is 0 Å². The minimum atomic E-state index is -0.428. The summed E-state index contributed by atoms with van der Waals surface area (Å²) in [4.78, 5) is 34.8. The SMILES string of the molecule is COC(=O)C(C)CNC(=O)C(=Cc1ccccc1)CSC(C)=O. The Morgan fingerprint density at radius 2 is 1.91 bits per heavy atom. The number of ether oxygens (including phenoxy) is 1. The number of rotatable bonds is 7. The molecule has 124 valence electrons. The first-order valence-electron chi connectivity index (χ1n) is 7.19. The van der Waals surface area contributed by atoms with Crippen molar-refractivity contribution in [2.75, 3.05) is 19.4 Å². The molecule has 1 aromatic carbocycles.